The van der Waals surface area contributed by atoms with Gasteiger partial charge in [-0.05, 0) is 57.2 Å². The predicted octanol–water partition coefficient (Wildman–Crippen LogP) is 5.49. The quantitative estimate of drug-likeness (QED) is 0.541. The predicted molar refractivity (Wildman–Crippen MR) is 125 cm³/mol. The molecule has 1 atom stereocenters. The highest BCUT2D eigenvalue weighted by Gasteiger charge is 2.33. The lowest BCUT2D eigenvalue weighted by Crippen LogP contribution is -2.47. The van der Waals surface area contributed by atoms with E-state index in [1.165, 1.54) is 4.90 Å². The summed E-state index contributed by atoms with van der Waals surface area (Å²) in [7, 11) is 0. The van der Waals surface area contributed by atoms with E-state index in [1.54, 1.807) is 42.5 Å². The number of aryl methyl sites for hydroxylation is 2. The lowest BCUT2D eigenvalue weighted by Gasteiger charge is -2.33. The molecule has 0 bridgehead atoms. The van der Waals surface area contributed by atoms with Crippen LogP contribution in [0.25, 0.3) is 11.3 Å². The fourth-order valence-corrected chi connectivity index (χ4v) is 4.62. The number of anilines is 2. The van der Waals surface area contributed by atoms with Crippen molar-refractivity contribution in [1.82, 2.24) is 4.98 Å². The minimum atomic E-state index is -0.704. The molecule has 31 heavy (non-hydrogen) atoms. The van der Waals surface area contributed by atoms with Gasteiger partial charge in [-0.2, -0.15) is 0 Å². The minimum Gasteiger partial charge on any atom is -0.479 e. The Balaban J connectivity index is 1.65. The number of aromatic nitrogens is 1. The van der Waals surface area contributed by atoms with Crippen molar-refractivity contribution in [2.75, 3.05) is 16.8 Å². The second-order valence-electron chi connectivity index (χ2n) is 7.18. The molecular weight excluding hydrogens is 457 g/mol. The Morgan fingerprint density at radius 3 is 2.71 bits per heavy atom. The van der Waals surface area contributed by atoms with Gasteiger partial charge in [-0.15, -0.1) is 11.3 Å². The topological polar surface area (TPSA) is 71.5 Å². The molecule has 1 aliphatic rings. The Labute approximate surface area is 193 Å². The summed E-state index contributed by atoms with van der Waals surface area (Å²) in [5.74, 6) is -0.166. The van der Waals surface area contributed by atoms with Crippen LogP contribution in [0.3, 0.4) is 0 Å². The van der Waals surface area contributed by atoms with Gasteiger partial charge in [-0.25, -0.2) is 4.98 Å². The summed E-state index contributed by atoms with van der Waals surface area (Å²) in [4.78, 5) is 32.7. The largest absolute Gasteiger partial charge is 0.479 e. The molecule has 1 aliphatic heterocycles. The van der Waals surface area contributed by atoms with Crippen LogP contribution >= 0.6 is 34.5 Å². The first-order chi connectivity index (χ1) is 14.7. The number of nitrogens with one attached hydrogen (secondary N) is 1. The number of benzene rings is 2. The lowest BCUT2D eigenvalue weighted by molar-refractivity contribution is -0.127. The van der Waals surface area contributed by atoms with Crippen LogP contribution in [0.5, 0.6) is 5.75 Å². The molecule has 1 unspecified atom stereocenters. The van der Waals surface area contributed by atoms with Crippen LogP contribution in [0.4, 0.5) is 11.4 Å². The second-order valence-corrected chi connectivity index (χ2v) is 9.43. The van der Waals surface area contributed by atoms with E-state index in [9.17, 15) is 9.59 Å². The molecule has 0 fully saturated rings. The van der Waals surface area contributed by atoms with E-state index in [-0.39, 0.29) is 12.5 Å². The third-order valence-corrected chi connectivity index (χ3v) is 6.30. The van der Waals surface area contributed by atoms with E-state index in [2.05, 4.69) is 10.3 Å². The van der Waals surface area contributed by atoms with Crippen LogP contribution < -0.4 is 15.0 Å². The highest BCUT2D eigenvalue weighted by atomic mass is 35.5. The van der Waals surface area contributed by atoms with Gasteiger partial charge in [0.05, 0.1) is 27.1 Å². The van der Waals surface area contributed by atoms with Crippen molar-refractivity contribution >= 4 is 57.7 Å². The molecule has 2 aromatic carbocycles. The van der Waals surface area contributed by atoms with Crippen molar-refractivity contribution in [3.63, 3.8) is 0 Å². The zero-order valence-corrected chi connectivity index (χ0v) is 19.4. The molecule has 0 radical (unpaired) electrons. The maximum atomic E-state index is 12.9. The van der Waals surface area contributed by atoms with E-state index >= 15 is 0 Å². The molecule has 6 nitrogen and oxygen atoms in total. The first-order valence-corrected chi connectivity index (χ1v) is 11.1. The van der Waals surface area contributed by atoms with E-state index in [0.717, 1.165) is 21.1 Å². The van der Waals surface area contributed by atoms with Crippen LogP contribution in [-0.2, 0) is 9.59 Å². The zero-order valence-electron chi connectivity index (χ0n) is 17.0. The Hall–Kier alpha value is -2.61. The molecule has 1 aromatic heterocycles. The number of nitrogens with zero attached hydrogens (tertiary/aromatic N) is 2. The van der Waals surface area contributed by atoms with Gasteiger partial charge in [0.15, 0.2) is 6.10 Å². The Bertz CT molecular complexity index is 1190. The monoisotopic (exact) mass is 475 g/mol. The van der Waals surface area contributed by atoms with Crippen LogP contribution in [0.2, 0.25) is 10.0 Å². The SMILES string of the molecule is Cc1nc(-c2ccc3c(c2)N(CC(=O)Nc2cc(Cl)ccc2Cl)C(=O)C(C)O3)c(C)s1. The number of carbonyl (C=O) groups excluding carboxylic acids is 2. The van der Waals surface area contributed by atoms with E-state index in [4.69, 9.17) is 27.9 Å². The molecule has 2 heterocycles. The fourth-order valence-electron chi connectivity index (χ4n) is 3.44. The molecular formula is C22H19Cl2N3O3S. The molecule has 0 aliphatic carbocycles. The molecule has 4 rings (SSSR count). The Kier molecular flexibility index (Phi) is 5.92. The summed E-state index contributed by atoms with van der Waals surface area (Å²) in [6, 6.07) is 10.3. The van der Waals surface area contributed by atoms with Crippen LogP contribution in [0.15, 0.2) is 36.4 Å². The van der Waals surface area contributed by atoms with Gasteiger partial charge < -0.3 is 10.1 Å². The maximum absolute atomic E-state index is 12.9. The normalized spacial score (nSPS) is 15.5. The summed E-state index contributed by atoms with van der Waals surface area (Å²) in [6.45, 7) is 5.42. The number of halogens is 2. The Morgan fingerprint density at radius 1 is 1.23 bits per heavy atom. The van der Waals surface area contributed by atoms with Gasteiger partial charge >= 0.3 is 0 Å². The highest BCUT2D eigenvalue weighted by molar-refractivity contribution is 7.11. The van der Waals surface area contributed by atoms with Crippen molar-refractivity contribution in [1.29, 1.82) is 0 Å². The van der Waals surface area contributed by atoms with Gasteiger partial charge in [0.2, 0.25) is 5.91 Å². The lowest BCUT2D eigenvalue weighted by atomic mass is 10.1. The molecule has 3 aromatic rings. The van der Waals surface area contributed by atoms with E-state index in [0.29, 0.717) is 27.2 Å². The summed E-state index contributed by atoms with van der Waals surface area (Å²) < 4.78 is 5.76. The molecule has 0 saturated heterocycles. The van der Waals surface area contributed by atoms with E-state index in [1.807, 2.05) is 26.0 Å². The van der Waals surface area contributed by atoms with Crippen LogP contribution in [0, 0.1) is 13.8 Å². The number of carbonyl (C=O) groups is 2. The first-order valence-electron chi connectivity index (χ1n) is 9.54. The Morgan fingerprint density at radius 2 is 2.00 bits per heavy atom. The average Bonchev–Trinajstić information content (AvgIpc) is 3.06. The number of hydrogen-bond acceptors (Lipinski definition) is 5. The van der Waals surface area contributed by atoms with Gasteiger partial charge in [-0.3, -0.25) is 14.5 Å². The molecule has 0 spiro atoms. The summed E-state index contributed by atoms with van der Waals surface area (Å²) in [5, 5.41) is 4.48. The summed E-state index contributed by atoms with van der Waals surface area (Å²) >= 11 is 13.7. The molecule has 1 N–H and O–H groups in total. The molecule has 0 saturated carbocycles. The first kappa shape index (κ1) is 21.6. The van der Waals surface area contributed by atoms with Gasteiger partial charge in [0.1, 0.15) is 12.3 Å². The van der Waals surface area contributed by atoms with Crippen molar-refractivity contribution < 1.29 is 14.3 Å². The van der Waals surface area contributed by atoms with Crippen molar-refractivity contribution in [2.24, 2.45) is 0 Å². The van der Waals surface area contributed by atoms with E-state index < -0.39 is 12.0 Å². The molecule has 9 heteroatoms. The molecule has 2 amide bonds. The van der Waals surface area contributed by atoms with Gasteiger partial charge in [0, 0.05) is 15.5 Å². The highest BCUT2D eigenvalue weighted by Crippen LogP contribution is 2.39. The average molecular weight is 476 g/mol. The number of hydrogen-bond donors (Lipinski definition) is 1. The number of fused-ring (bicyclic) bond motifs is 1. The van der Waals surface area contributed by atoms with Gasteiger partial charge in [0.25, 0.3) is 5.91 Å². The van der Waals surface area contributed by atoms with Crippen LogP contribution in [-0.4, -0.2) is 29.4 Å². The smallest absolute Gasteiger partial charge is 0.268 e. The third-order valence-electron chi connectivity index (χ3n) is 4.85. The minimum absolute atomic E-state index is 0.194. The maximum Gasteiger partial charge on any atom is 0.268 e. The summed E-state index contributed by atoms with van der Waals surface area (Å²) in [5.41, 5.74) is 2.62. The van der Waals surface area contributed by atoms with Gasteiger partial charge in [-0.1, -0.05) is 23.2 Å². The number of thiazole rings is 1. The van der Waals surface area contributed by atoms with Crippen molar-refractivity contribution in [2.45, 2.75) is 26.9 Å². The second kappa shape index (κ2) is 8.49. The van der Waals surface area contributed by atoms with Crippen LogP contribution in [0.1, 0.15) is 16.8 Å². The van der Waals surface area contributed by atoms with Crippen molar-refractivity contribution in [3.05, 3.63) is 56.3 Å². The summed E-state index contributed by atoms with van der Waals surface area (Å²) in [6.07, 6.45) is -0.704. The number of rotatable bonds is 4. The number of amides is 2. The third kappa shape index (κ3) is 4.39. The van der Waals surface area contributed by atoms with Crippen molar-refractivity contribution in [3.8, 4) is 17.0 Å². The standard InChI is InChI=1S/C22H19Cl2N3O3S/c1-11-22(29)27(10-20(28)26-17-9-15(23)5-6-16(17)24)18-8-14(4-7-19(18)30-11)21-12(2)31-13(3)25-21/h4-9,11H,10H2,1-3H3,(H,26,28). The fraction of sp³-hybridized carbons (Fsp3) is 0.227. The zero-order chi connectivity index (χ0) is 22.3. The number of ether oxygens (including phenoxy) is 1. The molecule has 160 valence electrons.